The van der Waals surface area contributed by atoms with Gasteiger partial charge in [-0.05, 0) is 48.4 Å². The standard InChI is InChI=1S/C17H18ClFN2O3S/c1-25(23,24)21(16-7-5-15(19)6-8-16)12-17(22)20-10-9-13-3-2-4-14(18)11-13/h2-8,11H,9-10,12H2,1H3,(H,20,22). The maximum Gasteiger partial charge on any atom is 0.240 e. The number of nitrogens with zero attached hydrogens (tertiary/aromatic N) is 1. The number of anilines is 1. The predicted molar refractivity (Wildman–Crippen MR) is 96.8 cm³/mol. The normalized spacial score (nSPS) is 11.2. The number of hydrogen-bond donors (Lipinski definition) is 1. The topological polar surface area (TPSA) is 66.5 Å². The van der Waals surface area contributed by atoms with Crippen LogP contribution >= 0.6 is 11.6 Å². The summed E-state index contributed by atoms with van der Waals surface area (Å²) in [5.74, 6) is -0.931. The molecule has 0 saturated carbocycles. The molecule has 8 heteroatoms. The third kappa shape index (κ3) is 6.03. The van der Waals surface area contributed by atoms with Crippen LogP contribution in [0.25, 0.3) is 0 Å². The van der Waals surface area contributed by atoms with E-state index in [0.29, 0.717) is 18.0 Å². The van der Waals surface area contributed by atoms with Gasteiger partial charge in [-0.1, -0.05) is 23.7 Å². The van der Waals surface area contributed by atoms with E-state index in [2.05, 4.69) is 5.32 Å². The number of amides is 1. The second kappa shape index (κ2) is 8.31. The van der Waals surface area contributed by atoms with Gasteiger partial charge in [0.2, 0.25) is 15.9 Å². The minimum Gasteiger partial charge on any atom is -0.354 e. The lowest BCUT2D eigenvalue weighted by molar-refractivity contribution is -0.119. The van der Waals surface area contributed by atoms with E-state index in [9.17, 15) is 17.6 Å². The molecule has 0 saturated heterocycles. The smallest absolute Gasteiger partial charge is 0.240 e. The third-order valence-electron chi connectivity index (χ3n) is 3.43. The van der Waals surface area contributed by atoms with Crippen LogP contribution in [0.2, 0.25) is 5.02 Å². The number of halogens is 2. The van der Waals surface area contributed by atoms with Gasteiger partial charge in [0.05, 0.1) is 11.9 Å². The Hall–Kier alpha value is -2.12. The Morgan fingerprint density at radius 1 is 1.20 bits per heavy atom. The molecule has 0 aliphatic heterocycles. The average molecular weight is 385 g/mol. The van der Waals surface area contributed by atoms with Gasteiger partial charge in [0, 0.05) is 11.6 Å². The second-order valence-electron chi connectivity index (χ2n) is 5.48. The molecule has 2 rings (SSSR count). The van der Waals surface area contributed by atoms with Crippen LogP contribution in [0.4, 0.5) is 10.1 Å². The molecule has 0 aliphatic rings. The highest BCUT2D eigenvalue weighted by molar-refractivity contribution is 7.92. The second-order valence-corrected chi connectivity index (χ2v) is 7.82. The Bertz CT molecular complexity index is 841. The number of carbonyl (C=O) groups excluding carboxylic acids is 1. The fraction of sp³-hybridized carbons (Fsp3) is 0.235. The summed E-state index contributed by atoms with van der Waals surface area (Å²) < 4.78 is 37.8. The molecule has 134 valence electrons. The summed E-state index contributed by atoms with van der Waals surface area (Å²) >= 11 is 5.90. The molecule has 0 aromatic heterocycles. The van der Waals surface area contributed by atoms with E-state index in [1.807, 2.05) is 12.1 Å². The van der Waals surface area contributed by atoms with E-state index in [-0.39, 0.29) is 12.2 Å². The maximum atomic E-state index is 13.0. The van der Waals surface area contributed by atoms with Gasteiger partial charge in [-0.15, -0.1) is 0 Å². The van der Waals surface area contributed by atoms with Crippen molar-refractivity contribution >= 4 is 33.2 Å². The highest BCUT2D eigenvalue weighted by Gasteiger charge is 2.20. The Labute approximate surface area is 151 Å². The monoisotopic (exact) mass is 384 g/mol. The fourth-order valence-corrected chi connectivity index (χ4v) is 3.30. The number of rotatable bonds is 7. The molecule has 0 unspecified atom stereocenters. The van der Waals surface area contributed by atoms with Gasteiger partial charge in [-0.25, -0.2) is 12.8 Å². The SMILES string of the molecule is CS(=O)(=O)N(CC(=O)NCCc1cccc(Cl)c1)c1ccc(F)cc1. The van der Waals surface area contributed by atoms with Crippen molar-refractivity contribution in [3.8, 4) is 0 Å². The zero-order valence-electron chi connectivity index (χ0n) is 13.6. The lowest BCUT2D eigenvalue weighted by atomic mass is 10.1. The Morgan fingerprint density at radius 3 is 2.48 bits per heavy atom. The zero-order chi connectivity index (χ0) is 18.4. The first-order chi connectivity index (χ1) is 11.8. The van der Waals surface area contributed by atoms with E-state index in [1.54, 1.807) is 12.1 Å². The third-order valence-corrected chi connectivity index (χ3v) is 4.80. The Kier molecular flexibility index (Phi) is 6.39. The minimum absolute atomic E-state index is 0.230. The fourth-order valence-electron chi connectivity index (χ4n) is 2.23. The van der Waals surface area contributed by atoms with Gasteiger partial charge in [-0.3, -0.25) is 9.10 Å². The molecule has 1 N–H and O–H groups in total. The van der Waals surface area contributed by atoms with Crippen molar-refractivity contribution in [3.05, 3.63) is 64.9 Å². The molecule has 0 fully saturated rings. The number of benzene rings is 2. The highest BCUT2D eigenvalue weighted by atomic mass is 35.5. The van der Waals surface area contributed by atoms with Crippen LogP contribution in [0.5, 0.6) is 0 Å². The number of nitrogens with one attached hydrogen (secondary N) is 1. The first-order valence-electron chi connectivity index (χ1n) is 7.50. The first kappa shape index (κ1) is 19.2. The lowest BCUT2D eigenvalue weighted by Gasteiger charge is -2.21. The summed E-state index contributed by atoms with van der Waals surface area (Å²) in [6, 6.07) is 12.2. The number of sulfonamides is 1. The molecule has 1 amide bonds. The van der Waals surface area contributed by atoms with Crippen molar-refractivity contribution in [2.24, 2.45) is 0 Å². The van der Waals surface area contributed by atoms with Gasteiger partial charge >= 0.3 is 0 Å². The molecular weight excluding hydrogens is 367 g/mol. The van der Waals surface area contributed by atoms with Crippen LogP contribution in [0.1, 0.15) is 5.56 Å². The van der Waals surface area contributed by atoms with E-state index >= 15 is 0 Å². The molecule has 0 heterocycles. The molecule has 0 atom stereocenters. The summed E-state index contributed by atoms with van der Waals surface area (Å²) in [6.45, 7) is -0.0276. The van der Waals surface area contributed by atoms with E-state index in [1.165, 1.54) is 12.1 Å². The predicted octanol–water partition coefficient (Wildman–Crippen LogP) is 2.60. The van der Waals surface area contributed by atoms with Gasteiger partial charge in [0.25, 0.3) is 0 Å². The minimum atomic E-state index is -3.68. The zero-order valence-corrected chi connectivity index (χ0v) is 15.1. The number of carbonyl (C=O) groups is 1. The van der Waals surface area contributed by atoms with Crippen LogP contribution in [-0.2, 0) is 21.2 Å². The molecule has 0 spiro atoms. The molecule has 2 aromatic rings. The Balaban J connectivity index is 1.96. The Morgan fingerprint density at radius 2 is 1.88 bits per heavy atom. The van der Waals surface area contributed by atoms with E-state index in [0.717, 1.165) is 28.3 Å². The molecule has 25 heavy (non-hydrogen) atoms. The van der Waals surface area contributed by atoms with Crippen molar-refractivity contribution < 1.29 is 17.6 Å². The van der Waals surface area contributed by atoms with Crippen LogP contribution in [-0.4, -0.2) is 33.7 Å². The van der Waals surface area contributed by atoms with Crippen molar-refractivity contribution in [3.63, 3.8) is 0 Å². The van der Waals surface area contributed by atoms with E-state index < -0.39 is 21.7 Å². The summed E-state index contributed by atoms with van der Waals surface area (Å²) in [4.78, 5) is 12.1. The summed E-state index contributed by atoms with van der Waals surface area (Å²) in [6.07, 6.45) is 1.57. The van der Waals surface area contributed by atoms with Crippen LogP contribution in [0, 0.1) is 5.82 Å². The largest absolute Gasteiger partial charge is 0.354 e. The van der Waals surface area contributed by atoms with Gasteiger partial charge in [0.1, 0.15) is 12.4 Å². The van der Waals surface area contributed by atoms with Crippen LogP contribution in [0.3, 0.4) is 0 Å². The quantitative estimate of drug-likeness (QED) is 0.798. The summed E-state index contributed by atoms with van der Waals surface area (Å²) in [5, 5.41) is 3.29. The van der Waals surface area contributed by atoms with Crippen molar-refractivity contribution in [1.82, 2.24) is 5.32 Å². The molecule has 0 bridgehead atoms. The van der Waals surface area contributed by atoms with Gasteiger partial charge in [0.15, 0.2) is 0 Å². The number of hydrogen-bond acceptors (Lipinski definition) is 3. The van der Waals surface area contributed by atoms with Crippen molar-refractivity contribution in [2.45, 2.75) is 6.42 Å². The van der Waals surface area contributed by atoms with Crippen molar-refractivity contribution in [1.29, 1.82) is 0 Å². The van der Waals surface area contributed by atoms with E-state index in [4.69, 9.17) is 11.6 Å². The molecule has 0 aliphatic carbocycles. The molecule has 5 nitrogen and oxygen atoms in total. The highest BCUT2D eigenvalue weighted by Crippen LogP contribution is 2.17. The molecule has 0 radical (unpaired) electrons. The summed E-state index contributed by atoms with van der Waals surface area (Å²) in [7, 11) is -3.68. The van der Waals surface area contributed by atoms with Crippen LogP contribution in [0.15, 0.2) is 48.5 Å². The molecule has 2 aromatic carbocycles. The van der Waals surface area contributed by atoms with Gasteiger partial charge < -0.3 is 5.32 Å². The summed E-state index contributed by atoms with van der Waals surface area (Å²) in [5.41, 5.74) is 1.19. The average Bonchev–Trinajstić information content (AvgIpc) is 2.53. The molecular formula is C17H18ClFN2O3S. The van der Waals surface area contributed by atoms with Gasteiger partial charge in [-0.2, -0.15) is 0 Å². The van der Waals surface area contributed by atoms with Crippen LogP contribution < -0.4 is 9.62 Å². The first-order valence-corrected chi connectivity index (χ1v) is 9.73. The van der Waals surface area contributed by atoms with Crippen molar-refractivity contribution in [2.75, 3.05) is 23.7 Å². The lowest BCUT2D eigenvalue weighted by Crippen LogP contribution is -2.40. The maximum absolute atomic E-state index is 13.0.